The van der Waals surface area contributed by atoms with E-state index >= 15 is 0 Å². The Hall–Kier alpha value is -5.07. The van der Waals surface area contributed by atoms with Crippen LogP contribution in [0.1, 0.15) is 73.6 Å². The fourth-order valence-corrected chi connectivity index (χ4v) is 5.53. The average Bonchev–Trinajstić information content (AvgIpc) is 3.61. The molecule has 2 aromatic heterocycles. The highest BCUT2D eigenvalue weighted by Crippen LogP contribution is 2.42. The minimum atomic E-state index is -2.22. The van der Waals surface area contributed by atoms with E-state index in [4.69, 9.17) is 18.9 Å². The Labute approximate surface area is 303 Å². The second kappa shape index (κ2) is 15.7. The molecular formula is C37H48N6O9. The quantitative estimate of drug-likeness (QED) is 0.190. The molecular weight excluding hydrogens is 672 g/mol. The number of fused-ring (bicyclic) bond motifs is 1. The number of benzene rings is 1. The van der Waals surface area contributed by atoms with E-state index in [2.05, 4.69) is 20.7 Å². The fraction of sp³-hybridized carbons (Fsp3) is 0.541. The number of ether oxygens (including phenoxy) is 4. The number of nitrogens with zero attached hydrogens (tertiary/aromatic N) is 4. The maximum atomic E-state index is 13.8. The number of nitriles is 1. The molecule has 0 unspecified atom stereocenters. The number of aliphatic hydroxyl groups is 1. The van der Waals surface area contributed by atoms with Gasteiger partial charge in [0.25, 0.3) is 0 Å². The van der Waals surface area contributed by atoms with Gasteiger partial charge in [0.1, 0.15) is 48.4 Å². The van der Waals surface area contributed by atoms with Gasteiger partial charge in [0.2, 0.25) is 11.5 Å². The van der Waals surface area contributed by atoms with Crippen LogP contribution >= 0.6 is 0 Å². The number of carbonyl (C=O) groups excluding carboxylic acids is 4. The van der Waals surface area contributed by atoms with Crippen molar-refractivity contribution in [3.63, 3.8) is 0 Å². The van der Waals surface area contributed by atoms with E-state index in [0.717, 1.165) is 0 Å². The number of aliphatic hydroxyl groups excluding tert-OH is 1. The highest BCUT2D eigenvalue weighted by Gasteiger charge is 2.60. The molecule has 15 heteroatoms. The number of alkyl carbamates (subject to hydrolysis) is 1. The molecule has 4 rings (SSSR count). The molecule has 0 spiro atoms. The predicted molar refractivity (Wildman–Crippen MR) is 187 cm³/mol. The van der Waals surface area contributed by atoms with E-state index < -0.39 is 65.6 Å². The summed E-state index contributed by atoms with van der Waals surface area (Å²) < 4.78 is 24.3. The van der Waals surface area contributed by atoms with Crippen LogP contribution in [-0.2, 0) is 45.4 Å². The summed E-state index contributed by atoms with van der Waals surface area (Å²) in [6, 6.07) is 12.7. The molecule has 1 aliphatic rings. The number of rotatable bonds is 11. The van der Waals surface area contributed by atoms with E-state index in [1.54, 1.807) is 78.8 Å². The van der Waals surface area contributed by atoms with Crippen LogP contribution < -0.4 is 10.6 Å². The second-order valence-electron chi connectivity index (χ2n) is 15.3. The number of hydrogen-bond acceptors (Lipinski definition) is 12. The lowest BCUT2D eigenvalue weighted by Gasteiger charge is -2.32. The maximum Gasteiger partial charge on any atom is 0.408 e. The minimum absolute atomic E-state index is 0.0331. The molecule has 1 aromatic carbocycles. The smallest absolute Gasteiger partial charge is 0.408 e. The molecule has 1 fully saturated rings. The lowest BCUT2D eigenvalue weighted by Crippen LogP contribution is -2.53. The summed E-state index contributed by atoms with van der Waals surface area (Å²) in [6.07, 6.45) is -4.53. The highest BCUT2D eigenvalue weighted by molar-refractivity contribution is 5.95. The van der Waals surface area contributed by atoms with Crippen LogP contribution in [0.3, 0.4) is 0 Å². The number of aromatic nitrogens is 3. The predicted octanol–water partition coefficient (Wildman–Crippen LogP) is 4.08. The van der Waals surface area contributed by atoms with Crippen molar-refractivity contribution in [2.45, 2.75) is 104 Å². The Morgan fingerprint density at radius 1 is 1.06 bits per heavy atom. The average molecular weight is 721 g/mol. The van der Waals surface area contributed by atoms with Crippen molar-refractivity contribution in [3.8, 4) is 6.07 Å². The van der Waals surface area contributed by atoms with Crippen molar-refractivity contribution in [1.82, 2.24) is 19.9 Å². The van der Waals surface area contributed by atoms with Crippen molar-refractivity contribution < 1.29 is 43.2 Å². The lowest BCUT2D eigenvalue weighted by molar-refractivity contribution is -0.164. The van der Waals surface area contributed by atoms with Gasteiger partial charge in [-0.2, -0.15) is 10.4 Å². The fourth-order valence-electron chi connectivity index (χ4n) is 5.53. The molecule has 1 saturated heterocycles. The molecule has 0 saturated carbocycles. The molecule has 1 aliphatic heterocycles. The lowest BCUT2D eigenvalue weighted by atomic mass is 9.86. The molecule has 0 bridgehead atoms. The number of carbonyl (C=O) groups is 4. The largest absolute Gasteiger partial charge is 0.463 e. The first kappa shape index (κ1) is 39.7. The molecule has 2 amide bonds. The Balaban J connectivity index is 1.69. The number of hydrogen-bond donors (Lipinski definition) is 3. The van der Waals surface area contributed by atoms with Gasteiger partial charge in [-0.25, -0.2) is 19.1 Å². The third-order valence-electron chi connectivity index (χ3n) is 8.70. The number of nitrogens with one attached hydrogen (secondary N) is 2. The molecule has 52 heavy (non-hydrogen) atoms. The standard InChI is InChI=1S/C37H48N6O9/c1-21(2)22(3)32(46)42-31-24-15-16-26(43(24)40-20-39-31)37(19-38)30(45)28(25(51-37)18-49-27(44)17-23-13-11-10-12-14-23)50-33(47)29(35(4,5)6)41-34(48)52-36(7,8)9/h10-16,20-22,25,28-30,45H,17-18H2,1-9H3,(H,41,48)(H,39,40,42,46)/t22-,25+,28+,29+,30+,37-/m0/s1. The third-order valence-corrected chi connectivity index (χ3v) is 8.70. The highest BCUT2D eigenvalue weighted by atomic mass is 16.6. The van der Waals surface area contributed by atoms with Crippen molar-refractivity contribution in [1.29, 1.82) is 5.26 Å². The summed E-state index contributed by atoms with van der Waals surface area (Å²) in [6.45, 7) is 15.2. The van der Waals surface area contributed by atoms with Gasteiger partial charge in [-0.3, -0.25) is 9.59 Å². The number of amides is 2. The Morgan fingerprint density at radius 2 is 1.73 bits per heavy atom. The summed E-state index contributed by atoms with van der Waals surface area (Å²) in [4.78, 5) is 56.6. The molecule has 3 heterocycles. The zero-order chi connectivity index (χ0) is 38.6. The summed E-state index contributed by atoms with van der Waals surface area (Å²) in [5.74, 6) is -1.97. The van der Waals surface area contributed by atoms with Gasteiger partial charge in [0, 0.05) is 5.92 Å². The van der Waals surface area contributed by atoms with Gasteiger partial charge in [0.15, 0.2) is 11.9 Å². The van der Waals surface area contributed by atoms with Gasteiger partial charge in [-0.1, -0.05) is 71.9 Å². The van der Waals surface area contributed by atoms with E-state index in [9.17, 15) is 29.5 Å². The monoisotopic (exact) mass is 720 g/mol. The first-order chi connectivity index (χ1) is 24.3. The van der Waals surface area contributed by atoms with Crippen LogP contribution in [-0.4, -0.2) is 80.2 Å². The van der Waals surface area contributed by atoms with E-state index in [1.807, 2.05) is 26.0 Å². The number of anilines is 1. The normalized spacial score (nSPS) is 21.5. The minimum Gasteiger partial charge on any atom is -0.463 e. The van der Waals surface area contributed by atoms with Crippen LogP contribution in [0.2, 0.25) is 0 Å². The van der Waals surface area contributed by atoms with Crippen molar-refractivity contribution in [2.24, 2.45) is 17.3 Å². The Kier molecular flexibility index (Phi) is 12.0. The van der Waals surface area contributed by atoms with E-state index in [-0.39, 0.29) is 35.7 Å². The molecule has 15 nitrogen and oxygen atoms in total. The molecule has 3 N–H and O–H groups in total. The van der Waals surface area contributed by atoms with Gasteiger partial charge < -0.3 is 34.7 Å². The Morgan fingerprint density at radius 3 is 2.33 bits per heavy atom. The van der Waals surface area contributed by atoms with Crippen molar-refractivity contribution >= 4 is 35.3 Å². The van der Waals surface area contributed by atoms with Crippen LogP contribution in [0.4, 0.5) is 10.6 Å². The van der Waals surface area contributed by atoms with Gasteiger partial charge in [-0.05, 0) is 49.8 Å². The zero-order valence-electron chi connectivity index (χ0n) is 31.0. The first-order valence-electron chi connectivity index (χ1n) is 17.1. The SMILES string of the molecule is CC(C)[C@H](C)C(=O)Nc1ncnn2c([C@]3(C#N)O[C@H](COC(=O)Cc4ccccc4)[C@@H](OC(=O)[C@@H](NC(=O)OC(C)(C)C)C(C)(C)C)[C@H]3O)ccc12. The third kappa shape index (κ3) is 9.04. The molecule has 6 atom stereocenters. The zero-order valence-corrected chi connectivity index (χ0v) is 31.0. The van der Waals surface area contributed by atoms with E-state index in [0.29, 0.717) is 11.1 Å². The van der Waals surface area contributed by atoms with Crippen LogP contribution in [0, 0.1) is 28.6 Å². The number of esters is 2. The Bertz CT molecular complexity index is 1810. The summed E-state index contributed by atoms with van der Waals surface area (Å²) >= 11 is 0. The second-order valence-corrected chi connectivity index (χ2v) is 15.3. The van der Waals surface area contributed by atoms with Crippen molar-refractivity contribution in [3.05, 3.63) is 60.0 Å². The summed E-state index contributed by atoms with van der Waals surface area (Å²) in [7, 11) is 0. The summed E-state index contributed by atoms with van der Waals surface area (Å²) in [5.41, 5.74) is -2.94. The molecule has 3 aromatic rings. The molecule has 0 aliphatic carbocycles. The van der Waals surface area contributed by atoms with Crippen LogP contribution in [0.5, 0.6) is 0 Å². The van der Waals surface area contributed by atoms with Crippen LogP contribution in [0.25, 0.3) is 5.52 Å². The maximum absolute atomic E-state index is 13.8. The van der Waals surface area contributed by atoms with Gasteiger partial charge >= 0.3 is 18.0 Å². The summed E-state index contributed by atoms with van der Waals surface area (Å²) in [5, 5.41) is 32.2. The van der Waals surface area contributed by atoms with Crippen LogP contribution in [0.15, 0.2) is 48.8 Å². The molecule has 280 valence electrons. The van der Waals surface area contributed by atoms with Gasteiger partial charge in [-0.15, -0.1) is 0 Å². The van der Waals surface area contributed by atoms with Gasteiger partial charge in [0.05, 0.1) is 12.1 Å². The molecule has 0 radical (unpaired) electrons. The first-order valence-corrected chi connectivity index (χ1v) is 17.1. The van der Waals surface area contributed by atoms with E-state index in [1.165, 1.54) is 16.9 Å². The topological polar surface area (TPSA) is 203 Å². The van der Waals surface area contributed by atoms with Crippen molar-refractivity contribution in [2.75, 3.05) is 11.9 Å².